The van der Waals surface area contributed by atoms with E-state index >= 15 is 0 Å². The molecule has 2 N–H and O–H groups in total. The van der Waals surface area contributed by atoms with E-state index in [-0.39, 0.29) is 11.8 Å². The van der Waals surface area contributed by atoms with Crippen LogP contribution in [0.2, 0.25) is 0 Å². The number of aromatic nitrogens is 1. The number of rotatable bonds is 3. The second-order valence-corrected chi connectivity index (χ2v) is 4.86. The number of hydrogen-bond acceptors (Lipinski definition) is 3. The molecule has 0 spiro atoms. The van der Waals surface area contributed by atoms with Gasteiger partial charge in [0.15, 0.2) is 0 Å². The number of hydrazine groups is 1. The van der Waals surface area contributed by atoms with Gasteiger partial charge in [0, 0.05) is 38.6 Å². The van der Waals surface area contributed by atoms with Gasteiger partial charge >= 0.3 is 0 Å². The third-order valence-electron chi connectivity index (χ3n) is 3.09. The SMILES string of the molecule is CN(C)c1cccc(C(=O)NNC(=O)c2cccn2C)c1. The normalized spacial score (nSPS) is 10.0. The van der Waals surface area contributed by atoms with Gasteiger partial charge in [0.05, 0.1) is 0 Å². The summed E-state index contributed by atoms with van der Waals surface area (Å²) in [5.41, 5.74) is 6.67. The number of anilines is 1. The molecule has 2 rings (SSSR count). The lowest BCUT2D eigenvalue weighted by Crippen LogP contribution is -2.42. The molecule has 0 atom stereocenters. The molecular weight excluding hydrogens is 268 g/mol. The van der Waals surface area contributed by atoms with Gasteiger partial charge < -0.3 is 9.47 Å². The van der Waals surface area contributed by atoms with Gasteiger partial charge in [-0.1, -0.05) is 6.07 Å². The molecule has 21 heavy (non-hydrogen) atoms. The minimum Gasteiger partial charge on any atom is -0.378 e. The van der Waals surface area contributed by atoms with Gasteiger partial charge in [0.1, 0.15) is 5.69 Å². The van der Waals surface area contributed by atoms with Crippen molar-refractivity contribution in [3.8, 4) is 0 Å². The molecule has 1 heterocycles. The quantitative estimate of drug-likeness (QED) is 0.832. The highest BCUT2D eigenvalue weighted by Gasteiger charge is 2.11. The summed E-state index contributed by atoms with van der Waals surface area (Å²) in [6.07, 6.45) is 1.76. The number of amides is 2. The van der Waals surface area contributed by atoms with E-state index in [9.17, 15) is 9.59 Å². The summed E-state index contributed by atoms with van der Waals surface area (Å²) in [4.78, 5) is 25.8. The van der Waals surface area contributed by atoms with Crippen molar-refractivity contribution in [3.63, 3.8) is 0 Å². The molecule has 2 amide bonds. The van der Waals surface area contributed by atoms with E-state index in [0.29, 0.717) is 11.3 Å². The van der Waals surface area contributed by atoms with Crippen molar-refractivity contribution in [1.29, 1.82) is 0 Å². The molecular formula is C15H18N4O2. The van der Waals surface area contributed by atoms with Crippen molar-refractivity contribution in [2.45, 2.75) is 0 Å². The third kappa shape index (κ3) is 3.42. The first kappa shape index (κ1) is 14.6. The summed E-state index contributed by atoms with van der Waals surface area (Å²) in [5.74, 6) is -0.721. The first-order valence-electron chi connectivity index (χ1n) is 6.48. The standard InChI is InChI=1S/C15H18N4O2/c1-18(2)12-7-4-6-11(10-12)14(20)16-17-15(21)13-8-5-9-19(13)3/h4-10H,1-3H3,(H,16,20)(H,17,21). The Balaban J connectivity index is 2.00. The Hall–Kier alpha value is -2.76. The Morgan fingerprint density at radius 1 is 1.05 bits per heavy atom. The minimum atomic E-state index is -0.361. The molecule has 0 aliphatic rings. The lowest BCUT2D eigenvalue weighted by Gasteiger charge is -2.13. The summed E-state index contributed by atoms with van der Waals surface area (Å²) in [7, 11) is 5.56. The van der Waals surface area contributed by atoms with Gasteiger partial charge in [-0.25, -0.2) is 0 Å². The van der Waals surface area contributed by atoms with Gasteiger partial charge in [-0.05, 0) is 30.3 Å². The lowest BCUT2D eigenvalue weighted by molar-refractivity contribution is 0.0842. The Kier molecular flexibility index (Phi) is 4.27. The molecule has 1 aromatic carbocycles. The fourth-order valence-corrected chi connectivity index (χ4v) is 1.87. The van der Waals surface area contributed by atoms with Crippen molar-refractivity contribution in [2.24, 2.45) is 7.05 Å². The fourth-order valence-electron chi connectivity index (χ4n) is 1.87. The van der Waals surface area contributed by atoms with Crippen LogP contribution in [0.4, 0.5) is 5.69 Å². The number of hydrogen-bond donors (Lipinski definition) is 2. The second-order valence-electron chi connectivity index (χ2n) is 4.86. The Morgan fingerprint density at radius 3 is 2.38 bits per heavy atom. The van der Waals surface area contributed by atoms with Crippen molar-refractivity contribution < 1.29 is 9.59 Å². The van der Waals surface area contributed by atoms with E-state index in [1.807, 2.05) is 25.1 Å². The zero-order valence-electron chi connectivity index (χ0n) is 12.3. The topological polar surface area (TPSA) is 66.4 Å². The number of carbonyl (C=O) groups excluding carboxylic acids is 2. The highest BCUT2D eigenvalue weighted by molar-refractivity contribution is 5.98. The molecule has 1 aromatic heterocycles. The smallest absolute Gasteiger partial charge is 0.286 e. The largest absolute Gasteiger partial charge is 0.378 e. The van der Waals surface area contributed by atoms with Gasteiger partial charge in [-0.15, -0.1) is 0 Å². The summed E-state index contributed by atoms with van der Waals surface area (Å²) >= 11 is 0. The van der Waals surface area contributed by atoms with E-state index in [1.165, 1.54) is 0 Å². The molecule has 0 aliphatic heterocycles. The van der Waals surface area contributed by atoms with Crippen LogP contribution in [0.25, 0.3) is 0 Å². The van der Waals surface area contributed by atoms with Crippen molar-refractivity contribution in [3.05, 3.63) is 53.9 Å². The van der Waals surface area contributed by atoms with Gasteiger partial charge in [-0.3, -0.25) is 20.4 Å². The predicted octanol–water partition coefficient (Wildman–Crippen LogP) is 1.17. The van der Waals surface area contributed by atoms with E-state index in [0.717, 1.165) is 5.69 Å². The number of benzene rings is 1. The van der Waals surface area contributed by atoms with Crippen LogP contribution in [-0.4, -0.2) is 30.5 Å². The van der Waals surface area contributed by atoms with Crippen LogP contribution in [0.3, 0.4) is 0 Å². The second kappa shape index (κ2) is 6.13. The summed E-state index contributed by atoms with van der Waals surface area (Å²) in [5, 5.41) is 0. The zero-order chi connectivity index (χ0) is 15.4. The molecule has 0 fully saturated rings. The molecule has 2 aromatic rings. The Morgan fingerprint density at radius 2 is 1.76 bits per heavy atom. The molecule has 0 radical (unpaired) electrons. The van der Waals surface area contributed by atoms with Crippen LogP contribution in [-0.2, 0) is 7.05 Å². The molecule has 0 saturated carbocycles. The lowest BCUT2D eigenvalue weighted by atomic mass is 10.2. The number of aryl methyl sites for hydroxylation is 1. The van der Waals surface area contributed by atoms with Crippen LogP contribution < -0.4 is 15.8 Å². The van der Waals surface area contributed by atoms with Crippen LogP contribution in [0.15, 0.2) is 42.6 Å². The summed E-state index contributed by atoms with van der Waals surface area (Å²) < 4.78 is 1.67. The number of nitrogens with one attached hydrogen (secondary N) is 2. The van der Waals surface area contributed by atoms with E-state index in [2.05, 4.69) is 10.9 Å². The maximum atomic E-state index is 12.0. The molecule has 0 unspecified atom stereocenters. The summed E-state index contributed by atoms with van der Waals surface area (Å²) in [6, 6.07) is 10.6. The zero-order valence-corrected chi connectivity index (χ0v) is 12.3. The first-order chi connectivity index (χ1) is 9.99. The van der Waals surface area contributed by atoms with Crippen LogP contribution >= 0.6 is 0 Å². The molecule has 0 bridgehead atoms. The molecule has 6 heteroatoms. The average molecular weight is 286 g/mol. The minimum absolute atomic E-state index is 0.360. The Bertz CT molecular complexity index is 661. The maximum absolute atomic E-state index is 12.0. The first-order valence-corrected chi connectivity index (χ1v) is 6.48. The van der Waals surface area contributed by atoms with Crippen LogP contribution in [0, 0.1) is 0 Å². The van der Waals surface area contributed by atoms with Crippen molar-refractivity contribution in [2.75, 3.05) is 19.0 Å². The molecule has 110 valence electrons. The van der Waals surface area contributed by atoms with Gasteiger partial charge in [-0.2, -0.15) is 0 Å². The van der Waals surface area contributed by atoms with Gasteiger partial charge in [0.25, 0.3) is 11.8 Å². The van der Waals surface area contributed by atoms with Crippen molar-refractivity contribution in [1.82, 2.24) is 15.4 Å². The van der Waals surface area contributed by atoms with Crippen LogP contribution in [0.5, 0.6) is 0 Å². The van der Waals surface area contributed by atoms with E-state index in [1.54, 1.807) is 48.1 Å². The Labute approximate surface area is 123 Å². The highest BCUT2D eigenvalue weighted by Crippen LogP contribution is 2.13. The number of nitrogens with zero attached hydrogens (tertiary/aromatic N) is 2. The van der Waals surface area contributed by atoms with Crippen LogP contribution in [0.1, 0.15) is 20.8 Å². The number of carbonyl (C=O) groups is 2. The van der Waals surface area contributed by atoms with E-state index < -0.39 is 0 Å². The average Bonchev–Trinajstić information content (AvgIpc) is 2.90. The maximum Gasteiger partial charge on any atom is 0.286 e. The third-order valence-corrected chi connectivity index (χ3v) is 3.09. The summed E-state index contributed by atoms with van der Waals surface area (Å²) in [6.45, 7) is 0. The predicted molar refractivity (Wildman–Crippen MR) is 81.1 cm³/mol. The highest BCUT2D eigenvalue weighted by atomic mass is 16.2. The van der Waals surface area contributed by atoms with Crippen molar-refractivity contribution >= 4 is 17.5 Å². The molecule has 0 saturated heterocycles. The van der Waals surface area contributed by atoms with E-state index in [4.69, 9.17) is 0 Å². The van der Waals surface area contributed by atoms with Gasteiger partial charge in [0.2, 0.25) is 0 Å². The molecule has 6 nitrogen and oxygen atoms in total. The monoisotopic (exact) mass is 286 g/mol. The fraction of sp³-hybridized carbons (Fsp3) is 0.200. The molecule has 0 aliphatic carbocycles.